The van der Waals surface area contributed by atoms with Crippen LogP contribution >= 0.6 is 24.0 Å². The quantitative estimate of drug-likeness (QED) is 0.319. The van der Waals surface area contributed by atoms with E-state index in [1.54, 1.807) is 26.2 Å². The molecule has 2 unspecified atom stereocenters. The van der Waals surface area contributed by atoms with Crippen molar-refractivity contribution in [2.75, 3.05) is 46.9 Å². The largest absolute Gasteiger partial charge is 0.489 e. The molecular formula is C19H30FIN4O3. The van der Waals surface area contributed by atoms with Crippen molar-refractivity contribution >= 4 is 35.8 Å². The van der Waals surface area contributed by atoms with E-state index in [2.05, 4.69) is 15.6 Å². The second kappa shape index (κ2) is 12.8. The number of hydrogen-bond donors (Lipinski definition) is 2. The van der Waals surface area contributed by atoms with Crippen LogP contribution in [-0.4, -0.2) is 69.8 Å². The number of rotatable bonds is 8. The Morgan fingerprint density at radius 3 is 2.86 bits per heavy atom. The summed E-state index contributed by atoms with van der Waals surface area (Å²) in [5.41, 5.74) is 0. The van der Waals surface area contributed by atoms with Crippen molar-refractivity contribution in [1.29, 1.82) is 0 Å². The number of carbonyl (C=O) groups excluding carboxylic acids is 1. The Labute approximate surface area is 183 Å². The molecule has 9 heteroatoms. The number of halogens is 2. The summed E-state index contributed by atoms with van der Waals surface area (Å²) in [6.07, 6.45) is 0.800. The molecule has 1 aromatic carbocycles. The maximum Gasteiger partial charge on any atom is 0.243 e. The number of aliphatic imine (C=N–C) groups is 1. The van der Waals surface area contributed by atoms with Gasteiger partial charge in [0.2, 0.25) is 5.91 Å². The molecule has 2 N–H and O–H groups in total. The monoisotopic (exact) mass is 508 g/mol. The van der Waals surface area contributed by atoms with Crippen LogP contribution in [0.15, 0.2) is 29.3 Å². The number of carbonyl (C=O) groups is 1. The molecular weight excluding hydrogens is 478 g/mol. The highest BCUT2D eigenvalue weighted by atomic mass is 127. The molecule has 0 bridgehead atoms. The molecule has 0 spiro atoms. The lowest BCUT2D eigenvalue weighted by Crippen LogP contribution is -2.44. The summed E-state index contributed by atoms with van der Waals surface area (Å²) in [6, 6.07) is 6.04. The zero-order valence-corrected chi connectivity index (χ0v) is 18.9. The van der Waals surface area contributed by atoms with Gasteiger partial charge >= 0.3 is 0 Å². The van der Waals surface area contributed by atoms with Crippen LogP contribution in [0.1, 0.15) is 13.3 Å². The molecule has 28 heavy (non-hydrogen) atoms. The molecule has 1 amide bonds. The Kier molecular flexibility index (Phi) is 11.1. The highest BCUT2D eigenvalue weighted by Gasteiger charge is 2.16. The van der Waals surface area contributed by atoms with Crippen LogP contribution in [0.2, 0.25) is 0 Å². The first-order chi connectivity index (χ1) is 12.9. The van der Waals surface area contributed by atoms with Gasteiger partial charge in [0.25, 0.3) is 0 Å². The lowest BCUT2D eigenvalue weighted by atomic mass is 10.1. The van der Waals surface area contributed by atoms with Gasteiger partial charge in [0, 0.05) is 39.2 Å². The van der Waals surface area contributed by atoms with Crippen LogP contribution in [0, 0.1) is 11.7 Å². The first kappa shape index (κ1) is 24.4. The van der Waals surface area contributed by atoms with E-state index < -0.39 is 0 Å². The lowest BCUT2D eigenvalue weighted by molar-refractivity contribution is -0.127. The number of ether oxygens (including phenoxy) is 2. The van der Waals surface area contributed by atoms with Crippen LogP contribution in [0.3, 0.4) is 0 Å². The number of amides is 1. The number of nitrogens with zero attached hydrogens (tertiary/aromatic N) is 2. The Morgan fingerprint density at radius 2 is 2.21 bits per heavy atom. The van der Waals surface area contributed by atoms with Crippen molar-refractivity contribution in [3.05, 3.63) is 30.1 Å². The average Bonchev–Trinajstić information content (AvgIpc) is 3.14. The van der Waals surface area contributed by atoms with Crippen LogP contribution in [0.5, 0.6) is 5.75 Å². The Balaban J connectivity index is 0.00000392. The van der Waals surface area contributed by atoms with E-state index in [-0.39, 0.29) is 48.3 Å². The molecule has 158 valence electrons. The summed E-state index contributed by atoms with van der Waals surface area (Å²) in [5, 5.41) is 6.44. The smallest absolute Gasteiger partial charge is 0.243 e. The molecule has 0 saturated carbocycles. The number of hydrogen-bond acceptors (Lipinski definition) is 4. The molecule has 0 aromatic heterocycles. The zero-order valence-electron chi connectivity index (χ0n) is 16.6. The Bertz CT molecular complexity index is 639. The molecule has 0 radical (unpaired) electrons. The van der Waals surface area contributed by atoms with Gasteiger partial charge in [0.15, 0.2) is 5.96 Å². The SMILES string of the molecule is CC(CNC(=NCC(=O)N(C)C)NCC1CCOC1)Oc1cccc(F)c1.I. The van der Waals surface area contributed by atoms with E-state index in [9.17, 15) is 9.18 Å². The number of likely N-dealkylation sites (N-methyl/N-ethyl adjacent to an activating group) is 1. The van der Waals surface area contributed by atoms with Gasteiger partial charge < -0.3 is 25.0 Å². The first-order valence-electron chi connectivity index (χ1n) is 9.16. The third-order valence-electron chi connectivity index (χ3n) is 4.14. The predicted molar refractivity (Wildman–Crippen MR) is 118 cm³/mol. The van der Waals surface area contributed by atoms with Gasteiger partial charge in [0.05, 0.1) is 13.2 Å². The van der Waals surface area contributed by atoms with Gasteiger partial charge in [-0.15, -0.1) is 24.0 Å². The highest BCUT2D eigenvalue weighted by molar-refractivity contribution is 14.0. The maximum atomic E-state index is 13.3. The number of guanidine groups is 1. The van der Waals surface area contributed by atoms with Gasteiger partial charge in [-0.3, -0.25) is 4.79 Å². The molecule has 1 aliphatic heterocycles. The van der Waals surface area contributed by atoms with Gasteiger partial charge in [-0.2, -0.15) is 0 Å². The van der Waals surface area contributed by atoms with Gasteiger partial charge in [0.1, 0.15) is 24.2 Å². The van der Waals surface area contributed by atoms with Gasteiger partial charge in [-0.1, -0.05) is 6.07 Å². The molecule has 7 nitrogen and oxygen atoms in total. The summed E-state index contributed by atoms with van der Waals surface area (Å²) in [6.45, 7) is 4.63. The minimum atomic E-state index is -0.336. The van der Waals surface area contributed by atoms with E-state index in [1.807, 2.05) is 6.92 Å². The summed E-state index contributed by atoms with van der Waals surface area (Å²) in [4.78, 5) is 17.6. The topological polar surface area (TPSA) is 75.2 Å². The molecule has 1 aromatic rings. The molecule has 2 atom stereocenters. The summed E-state index contributed by atoms with van der Waals surface area (Å²) in [7, 11) is 3.40. The summed E-state index contributed by atoms with van der Waals surface area (Å²) < 4.78 is 24.3. The van der Waals surface area contributed by atoms with E-state index in [1.165, 1.54) is 17.0 Å². The number of benzene rings is 1. The van der Waals surface area contributed by atoms with Crippen molar-refractivity contribution < 1.29 is 18.7 Å². The van der Waals surface area contributed by atoms with E-state index in [0.717, 1.165) is 26.2 Å². The second-order valence-electron chi connectivity index (χ2n) is 6.83. The van der Waals surface area contributed by atoms with Crippen LogP contribution in [-0.2, 0) is 9.53 Å². The Hall–Kier alpha value is -1.62. The molecule has 1 saturated heterocycles. The highest BCUT2D eigenvalue weighted by Crippen LogP contribution is 2.13. The predicted octanol–water partition coefficient (Wildman–Crippen LogP) is 1.87. The van der Waals surface area contributed by atoms with Crippen LogP contribution in [0.4, 0.5) is 4.39 Å². The zero-order chi connectivity index (χ0) is 19.6. The lowest BCUT2D eigenvalue weighted by Gasteiger charge is -2.19. The van der Waals surface area contributed by atoms with E-state index in [4.69, 9.17) is 9.47 Å². The summed E-state index contributed by atoms with van der Waals surface area (Å²) >= 11 is 0. The fourth-order valence-corrected chi connectivity index (χ4v) is 2.50. The molecule has 1 heterocycles. The van der Waals surface area contributed by atoms with Gasteiger partial charge in [-0.05, 0) is 25.5 Å². The van der Waals surface area contributed by atoms with Crippen molar-refractivity contribution in [2.45, 2.75) is 19.4 Å². The molecule has 0 aliphatic carbocycles. The molecule has 2 rings (SSSR count). The van der Waals surface area contributed by atoms with E-state index >= 15 is 0 Å². The van der Waals surface area contributed by atoms with Crippen molar-refractivity contribution in [2.24, 2.45) is 10.9 Å². The Morgan fingerprint density at radius 1 is 1.43 bits per heavy atom. The summed E-state index contributed by atoms with van der Waals surface area (Å²) in [5.74, 6) is 1.04. The normalized spacial score (nSPS) is 17.4. The van der Waals surface area contributed by atoms with Gasteiger partial charge in [-0.25, -0.2) is 9.38 Å². The third-order valence-corrected chi connectivity index (χ3v) is 4.14. The molecule has 1 fully saturated rings. The second-order valence-corrected chi connectivity index (χ2v) is 6.83. The van der Waals surface area contributed by atoms with Crippen LogP contribution in [0.25, 0.3) is 0 Å². The number of nitrogens with one attached hydrogen (secondary N) is 2. The average molecular weight is 508 g/mol. The minimum Gasteiger partial charge on any atom is -0.489 e. The standard InChI is InChI=1S/C19H29FN4O3.HI/c1-14(27-17-6-4-5-16(20)9-17)10-21-19(23-12-18(25)24(2)3)22-11-15-7-8-26-13-15;/h4-6,9,14-15H,7-8,10-13H2,1-3H3,(H2,21,22,23);1H. The minimum absolute atomic E-state index is 0. The van der Waals surface area contributed by atoms with Crippen molar-refractivity contribution in [3.8, 4) is 5.75 Å². The first-order valence-corrected chi connectivity index (χ1v) is 9.16. The van der Waals surface area contributed by atoms with E-state index in [0.29, 0.717) is 24.2 Å². The van der Waals surface area contributed by atoms with Crippen molar-refractivity contribution in [3.63, 3.8) is 0 Å². The maximum absolute atomic E-state index is 13.3. The fraction of sp³-hybridized carbons (Fsp3) is 0.579. The van der Waals surface area contributed by atoms with Crippen LogP contribution < -0.4 is 15.4 Å². The fourth-order valence-electron chi connectivity index (χ4n) is 2.50. The molecule has 1 aliphatic rings. The third kappa shape index (κ3) is 9.05. The van der Waals surface area contributed by atoms with Crippen molar-refractivity contribution in [1.82, 2.24) is 15.5 Å².